The highest BCUT2D eigenvalue weighted by molar-refractivity contribution is 6.26. The van der Waals surface area contributed by atoms with Gasteiger partial charge in [0.05, 0.1) is 18.4 Å². The summed E-state index contributed by atoms with van der Waals surface area (Å²) in [4.78, 5) is 40.9. The number of methoxy groups -OCH3 is 1. The molecule has 36 heavy (non-hydrogen) atoms. The number of anilines is 1. The largest absolute Gasteiger partial charge is 0.451 e. The van der Waals surface area contributed by atoms with Gasteiger partial charge in [-0.25, -0.2) is 4.79 Å². The zero-order valence-electron chi connectivity index (χ0n) is 20.7. The van der Waals surface area contributed by atoms with Crippen molar-refractivity contribution >= 4 is 40.1 Å². The fourth-order valence-electron chi connectivity index (χ4n) is 3.93. The van der Waals surface area contributed by atoms with Crippen LogP contribution in [0.15, 0.2) is 64.9 Å². The monoisotopic (exact) mass is 488 g/mol. The molecule has 0 bridgehead atoms. The average Bonchev–Trinajstić information content (AvgIpc) is 2.88. The van der Waals surface area contributed by atoms with Gasteiger partial charge >= 0.3 is 6.09 Å². The minimum absolute atomic E-state index is 0.254. The predicted octanol–water partition coefficient (Wildman–Crippen LogP) is 4.31. The van der Waals surface area contributed by atoms with E-state index < -0.39 is 6.09 Å². The second-order valence-corrected chi connectivity index (χ2v) is 8.70. The highest BCUT2D eigenvalue weighted by atomic mass is 16.5. The number of imide groups is 1. The van der Waals surface area contributed by atoms with Crippen molar-refractivity contribution < 1.29 is 19.1 Å². The Morgan fingerprint density at radius 2 is 1.72 bits per heavy atom. The number of benzene rings is 3. The predicted molar refractivity (Wildman–Crippen MR) is 136 cm³/mol. The molecule has 0 aliphatic carbocycles. The van der Waals surface area contributed by atoms with E-state index in [-0.39, 0.29) is 11.8 Å². The second kappa shape index (κ2) is 10.5. The van der Waals surface area contributed by atoms with E-state index in [9.17, 15) is 14.4 Å². The van der Waals surface area contributed by atoms with Crippen LogP contribution in [-0.4, -0.2) is 74.1 Å². The Kier molecular flexibility index (Phi) is 7.25. The zero-order chi connectivity index (χ0) is 25.8. The van der Waals surface area contributed by atoms with Crippen molar-refractivity contribution in [3.05, 3.63) is 71.3 Å². The zero-order valence-corrected chi connectivity index (χ0v) is 20.7. The Hall–Kier alpha value is -4.31. The molecule has 186 valence electrons. The summed E-state index contributed by atoms with van der Waals surface area (Å²) in [6.07, 6.45) is -0.607. The quantitative estimate of drug-likeness (QED) is 0.288. The maximum absolute atomic E-state index is 13.3. The normalized spacial score (nSPS) is 13.1. The number of hydrogen-bond donors (Lipinski definition) is 1. The van der Waals surface area contributed by atoms with Gasteiger partial charge in [0.15, 0.2) is 0 Å². The van der Waals surface area contributed by atoms with Gasteiger partial charge in [0, 0.05) is 43.3 Å². The van der Waals surface area contributed by atoms with Crippen LogP contribution in [0, 0.1) is 0 Å². The van der Waals surface area contributed by atoms with E-state index in [0.717, 1.165) is 21.6 Å². The number of rotatable bonds is 8. The van der Waals surface area contributed by atoms with E-state index in [1.165, 1.54) is 19.1 Å². The highest BCUT2D eigenvalue weighted by Crippen LogP contribution is 2.33. The summed E-state index contributed by atoms with van der Waals surface area (Å²) >= 11 is 0. The molecule has 1 aliphatic rings. The van der Waals surface area contributed by atoms with Crippen LogP contribution in [0.2, 0.25) is 0 Å². The third-order valence-electron chi connectivity index (χ3n) is 5.86. The van der Waals surface area contributed by atoms with Crippen LogP contribution in [0.3, 0.4) is 0 Å². The Morgan fingerprint density at radius 3 is 2.42 bits per heavy atom. The first-order valence-corrected chi connectivity index (χ1v) is 11.4. The van der Waals surface area contributed by atoms with Crippen molar-refractivity contribution in [2.45, 2.75) is 6.54 Å². The second-order valence-electron chi connectivity index (χ2n) is 8.70. The number of hydrogen-bond acceptors (Lipinski definition) is 8. The number of nitrogens with zero attached hydrogens (tertiary/aromatic N) is 5. The molecule has 1 heterocycles. The molecule has 0 spiro atoms. The molecule has 0 fully saturated rings. The summed E-state index contributed by atoms with van der Waals surface area (Å²) in [5, 5.41) is 13.7. The fraction of sp³-hybridized carbons (Fsp3) is 0.269. The maximum atomic E-state index is 13.3. The molecular formula is C26H28N6O4. The number of likely N-dealkylation sites (N-methyl/N-ethyl adjacent to an activating group) is 1. The Morgan fingerprint density at radius 1 is 1.00 bits per heavy atom. The van der Waals surface area contributed by atoms with Crippen molar-refractivity contribution in [1.29, 1.82) is 0 Å². The average molecular weight is 489 g/mol. The number of nitrogens with one attached hydrogen (secondary N) is 1. The van der Waals surface area contributed by atoms with Gasteiger partial charge in [-0.1, -0.05) is 29.5 Å². The van der Waals surface area contributed by atoms with Gasteiger partial charge in [0.25, 0.3) is 11.8 Å². The van der Waals surface area contributed by atoms with E-state index in [2.05, 4.69) is 20.4 Å². The molecule has 0 saturated heterocycles. The maximum Gasteiger partial charge on any atom is 0.431 e. The first-order valence-electron chi connectivity index (χ1n) is 11.4. The van der Waals surface area contributed by atoms with Crippen molar-refractivity contribution in [3.8, 4) is 0 Å². The summed E-state index contributed by atoms with van der Waals surface area (Å²) in [5.41, 5.74) is 3.44. The van der Waals surface area contributed by atoms with Crippen LogP contribution < -0.4 is 5.32 Å². The van der Waals surface area contributed by atoms with Gasteiger partial charge < -0.3 is 15.0 Å². The molecule has 10 heteroatoms. The topological polar surface area (TPSA) is 107 Å². The highest BCUT2D eigenvalue weighted by Gasteiger charge is 2.32. The van der Waals surface area contributed by atoms with Gasteiger partial charge in [-0.05, 0) is 55.4 Å². The minimum atomic E-state index is -0.607. The number of carbonyl (C=O) groups excluding carboxylic acids is 3. The molecule has 0 aromatic heterocycles. The van der Waals surface area contributed by atoms with Crippen LogP contribution in [0.1, 0.15) is 26.3 Å². The third kappa shape index (κ3) is 5.18. The molecule has 0 radical (unpaired) electrons. The van der Waals surface area contributed by atoms with Crippen molar-refractivity contribution in [2.24, 2.45) is 10.3 Å². The van der Waals surface area contributed by atoms with Crippen molar-refractivity contribution in [1.82, 2.24) is 14.8 Å². The van der Waals surface area contributed by atoms with Crippen LogP contribution in [-0.2, 0) is 11.3 Å². The molecule has 3 amide bonds. The lowest BCUT2D eigenvalue weighted by atomic mass is 9.93. The number of amides is 3. The molecule has 0 saturated carbocycles. The van der Waals surface area contributed by atoms with E-state index in [1.54, 1.807) is 18.2 Å². The molecular weight excluding hydrogens is 460 g/mol. The van der Waals surface area contributed by atoms with Gasteiger partial charge in [-0.15, -0.1) is 5.11 Å². The summed E-state index contributed by atoms with van der Waals surface area (Å²) < 4.78 is 4.57. The third-order valence-corrected chi connectivity index (χ3v) is 5.86. The first kappa shape index (κ1) is 24.8. The van der Waals surface area contributed by atoms with Crippen LogP contribution >= 0.6 is 0 Å². The van der Waals surface area contributed by atoms with Crippen LogP contribution in [0.25, 0.3) is 10.8 Å². The van der Waals surface area contributed by atoms with Crippen molar-refractivity contribution in [2.75, 3.05) is 46.7 Å². The molecule has 1 N–H and O–H groups in total. The fourth-order valence-corrected chi connectivity index (χ4v) is 3.93. The lowest BCUT2D eigenvalue weighted by molar-refractivity contribution is 0.0601. The van der Waals surface area contributed by atoms with E-state index in [1.807, 2.05) is 55.4 Å². The van der Waals surface area contributed by atoms with Crippen molar-refractivity contribution in [3.63, 3.8) is 0 Å². The molecule has 3 aromatic carbocycles. The smallest absolute Gasteiger partial charge is 0.431 e. The molecule has 3 aromatic rings. The summed E-state index contributed by atoms with van der Waals surface area (Å²) in [6, 6.07) is 16.7. The van der Waals surface area contributed by atoms with Gasteiger partial charge in [-0.2, -0.15) is 5.01 Å². The first-order chi connectivity index (χ1) is 17.3. The summed E-state index contributed by atoms with van der Waals surface area (Å²) in [5.74, 6) is -0.531. The number of ether oxygens (including phenoxy) is 1. The van der Waals surface area contributed by atoms with E-state index in [0.29, 0.717) is 41.8 Å². The Balaban J connectivity index is 1.52. The lowest BCUT2D eigenvalue weighted by Crippen LogP contribution is -2.43. The van der Waals surface area contributed by atoms with Crippen LogP contribution in [0.4, 0.5) is 16.2 Å². The van der Waals surface area contributed by atoms with Gasteiger partial charge in [-0.3, -0.25) is 14.5 Å². The molecule has 0 atom stereocenters. The molecule has 0 unspecified atom stereocenters. The SMILES string of the molecule is COC(=O)N(C)N=Nc1ccc(CNc2cc3c4c(cccc4c2)C(=O)N(CCN(C)C)C3=O)cc1. The summed E-state index contributed by atoms with van der Waals surface area (Å²) in [6.45, 7) is 1.44. The standard InChI is InChI=1S/C26H28N6O4/c1-30(2)12-13-32-24(33)21-7-5-6-18-14-20(15-22(23(18)21)25(32)34)27-16-17-8-10-19(11-9-17)28-29-31(3)26(35)36-4/h5-11,14-15,27H,12-13,16H2,1-4H3. The Labute approximate surface area is 209 Å². The number of carbonyl (C=O) groups is 3. The van der Waals surface area contributed by atoms with Crippen LogP contribution in [0.5, 0.6) is 0 Å². The minimum Gasteiger partial charge on any atom is -0.451 e. The summed E-state index contributed by atoms with van der Waals surface area (Å²) in [7, 11) is 6.55. The van der Waals surface area contributed by atoms with E-state index in [4.69, 9.17) is 0 Å². The Bertz CT molecular complexity index is 1340. The molecule has 10 nitrogen and oxygen atoms in total. The van der Waals surface area contributed by atoms with Gasteiger partial charge in [0.1, 0.15) is 0 Å². The lowest BCUT2D eigenvalue weighted by Gasteiger charge is -2.28. The van der Waals surface area contributed by atoms with Gasteiger partial charge in [0.2, 0.25) is 0 Å². The molecule has 4 rings (SSSR count). The molecule has 1 aliphatic heterocycles. The van der Waals surface area contributed by atoms with E-state index >= 15 is 0 Å².